The fraction of sp³-hybridized carbons (Fsp3) is 0.786. The van der Waals surface area contributed by atoms with Crippen molar-refractivity contribution >= 4 is 11.3 Å². The van der Waals surface area contributed by atoms with Crippen molar-refractivity contribution in [3.8, 4) is 0 Å². The number of nitrogens with one attached hydrogen (secondary N) is 1. The fourth-order valence-corrected chi connectivity index (χ4v) is 3.69. The van der Waals surface area contributed by atoms with Gasteiger partial charge in [0.25, 0.3) is 0 Å². The van der Waals surface area contributed by atoms with Crippen LogP contribution in [-0.2, 0) is 6.42 Å². The van der Waals surface area contributed by atoms with E-state index in [9.17, 15) is 0 Å². The largest absolute Gasteiger partial charge is 0.317 e. The van der Waals surface area contributed by atoms with E-state index in [1.165, 1.54) is 43.5 Å². The van der Waals surface area contributed by atoms with Gasteiger partial charge in [0.2, 0.25) is 0 Å². The van der Waals surface area contributed by atoms with Crippen LogP contribution in [-0.4, -0.2) is 18.1 Å². The van der Waals surface area contributed by atoms with Gasteiger partial charge in [-0.15, -0.1) is 11.3 Å². The third kappa shape index (κ3) is 4.07. The van der Waals surface area contributed by atoms with E-state index in [0.29, 0.717) is 6.04 Å². The molecular formula is C14H24N2S. The Morgan fingerprint density at radius 1 is 1.41 bits per heavy atom. The Morgan fingerprint density at radius 3 is 2.76 bits per heavy atom. The summed E-state index contributed by atoms with van der Waals surface area (Å²) < 4.78 is 0. The van der Waals surface area contributed by atoms with Gasteiger partial charge < -0.3 is 5.32 Å². The average Bonchev–Trinajstić information content (AvgIpc) is 2.75. The van der Waals surface area contributed by atoms with Gasteiger partial charge in [-0.1, -0.05) is 32.1 Å². The van der Waals surface area contributed by atoms with Gasteiger partial charge >= 0.3 is 0 Å². The van der Waals surface area contributed by atoms with Crippen LogP contribution in [0.4, 0.5) is 0 Å². The Bertz CT molecular complexity index is 329. The molecule has 0 spiro atoms. The molecule has 0 radical (unpaired) electrons. The van der Waals surface area contributed by atoms with Gasteiger partial charge in [-0.05, 0) is 26.3 Å². The van der Waals surface area contributed by atoms with Crippen LogP contribution < -0.4 is 5.32 Å². The maximum absolute atomic E-state index is 4.57. The van der Waals surface area contributed by atoms with E-state index in [1.54, 1.807) is 11.3 Å². The van der Waals surface area contributed by atoms with E-state index in [1.807, 2.05) is 0 Å². The molecule has 0 aromatic carbocycles. The molecule has 1 saturated carbocycles. The highest BCUT2D eigenvalue weighted by molar-refractivity contribution is 7.09. The van der Waals surface area contributed by atoms with Crippen molar-refractivity contribution in [3.63, 3.8) is 0 Å². The van der Waals surface area contributed by atoms with Crippen LogP contribution in [0.15, 0.2) is 5.38 Å². The first kappa shape index (κ1) is 13.0. The maximum Gasteiger partial charge on any atom is 0.0943 e. The molecular weight excluding hydrogens is 228 g/mol. The maximum atomic E-state index is 4.57. The fourth-order valence-electron chi connectivity index (χ4n) is 2.84. The summed E-state index contributed by atoms with van der Waals surface area (Å²) in [5, 5.41) is 6.92. The van der Waals surface area contributed by atoms with Crippen LogP contribution >= 0.6 is 11.3 Å². The predicted molar refractivity (Wildman–Crippen MR) is 74.6 cm³/mol. The molecule has 1 fully saturated rings. The lowest BCUT2D eigenvalue weighted by atomic mass is 9.84. The summed E-state index contributed by atoms with van der Waals surface area (Å²) in [6.45, 7) is 2.08. The lowest BCUT2D eigenvalue weighted by molar-refractivity contribution is 0.302. The van der Waals surface area contributed by atoms with Crippen molar-refractivity contribution in [2.75, 3.05) is 7.05 Å². The minimum Gasteiger partial charge on any atom is -0.317 e. The zero-order valence-corrected chi connectivity index (χ0v) is 11.9. The van der Waals surface area contributed by atoms with Gasteiger partial charge in [-0.25, -0.2) is 4.98 Å². The molecule has 96 valence electrons. The van der Waals surface area contributed by atoms with Gasteiger partial charge in [-0.2, -0.15) is 0 Å². The molecule has 1 aromatic rings. The number of rotatable bonds is 5. The first-order valence-electron chi connectivity index (χ1n) is 6.86. The number of thiazole rings is 1. The van der Waals surface area contributed by atoms with Crippen LogP contribution in [0.2, 0.25) is 0 Å². The monoisotopic (exact) mass is 252 g/mol. The summed E-state index contributed by atoms with van der Waals surface area (Å²) in [5.74, 6) is 0.947. The smallest absolute Gasteiger partial charge is 0.0943 e. The SMILES string of the molecule is CNC(Cc1nc(C)cs1)CC1CCCCC1. The highest BCUT2D eigenvalue weighted by atomic mass is 32.1. The Balaban J connectivity index is 1.83. The summed E-state index contributed by atoms with van der Waals surface area (Å²) in [6, 6.07) is 0.614. The van der Waals surface area contributed by atoms with E-state index in [-0.39, 0.29) is 0 Å². The van der Waals surface area contributed by atoms with Crippen LogP contribution in [0.5, 0.6) is 0 Å². The van der Waals surface area contributed by atoms with Crippen LogP contribution in [0.1, 0.15) is 49.2 Å². The predicted octanol–water partition coefficient (Wildman–Crippen LogP) is 3.55. The second-order valence-corrected chi connectivity index (χ2v) is 6.25. The Hall–Kier alpha value is -0.410. The van der Waals surface area contributed by atoms with Gasteiger partial charge in [0.1, 0.15) is 0 Å². The van der Waals surface area contributed by atoms with Crippen LogP contribution in [0.3, 0.4) is 0 Å². The molecule has 0 aliphatic heterocycles. The summed E-state index contributed by atoms with van der Waals surface area (Å²) in [7, 11) is 2.09. The molecule has 0 bridgehead atoms. The third-order valence-corrected chi connectivity index (χ3v) is 4.83. The summed E-state index contributed by atoms with van der Waals surface area (Å²) in [6.07, 6.45) is 9.64. The van der Waals surface area contributed by atoms with E-state index in [0.717, 1.165) is 18.0 Å². The van der Waals surface area contributed by atoms with Gasteiger partial charge in [-0.3, -0.25) is 0 Å². The topological polar surface area (TPSA) is 24.9 Å². The molecule has 1 aliphatic rings. The molecule has 1 unspecified atom stereocenters. The average molecular weight is 252 g/mol. The standard InChI is InChI=1S/C14H24N2S/c1-11-10-17-14(16-11)9-13(15-2)8-12-6-4-3-5-7-12/h10,12-13,15H,3-9H2,1-2H3. The summed E-state index contributed by atoms with van der Waals surface area (Å²) in [5.41, 5.74) is 1.16. The highest BCUT2D eigenvalue weighted by Gasteiger charge is 2.19. The summed E-state index contributed by atoms with van der Waals surface area (Å²) in [4.78, 5) is 4.57. The number of likely N-dealkylation sites (N-methyl/N-ethyl adjacent to an activating group) is 1. The highest BCUT2D eigenvalue weighted by Crippen LogP contribution is 2.28. The molecule has 3 heteroatoms. The minimum atomic E-state index is 0.614. The van der Waals surface area contributed by atoms with E-state index < -0.39 is 0 Å². The quantitative estimate of drug-likeness (QED) is 0.867. The number of aryl methyl sites for hydroxylation is 1. The molecule has 1 atom stereocenters. The zero-order valence-electron chi connectivity index (χ0n) is 11.0. The van der Waals surface area contributed by atoms with E-state index >= 15 is 0 Å². The molecule has 0 saturated heterocycles. The molecule has 2 rings (SSSR count). The molecule has 17 heavy (non-hydrogen) atoms. The van der Waals surface area contributed by atoms with Crippen molar-refractivity contribution in [3.05, 3.63) is 16.1 Å². The molecule has 1 N–H and O–H groups in total. The minimum absolute atomic E-state index is 0.614. The van der Waals surface area contributed by atoms with E-state index in [2.05, 4.69) is 29.7 Å². The van der Waals surface area contributed by atoms with E-state index in [4.69, 9.17) is 0 Å². The summed E-state index contributed by atoms with van der Waals surface area (Å²) >= 11 is 1.80. The first-order valence-corrected chi connectivity index (χ1v) is 7.74. The molecule has 1 aromatic heterocycles. The number of aromatic nitrogens is 1. The number of hydrogen-bond acceptors (Lipinski definition) is 3. The van der Waals surface area contributed by atoms with Crippen LogP contribution in [0.25, 0.3) is 0 Å². The normalized spacial score (nSPS) is 19.4. The van der Waals surface area contributed by atoms with Crippen molar-refractivity contribution in [1.82, 2.24) is 10.3 Å². The molecule has 1 aliphatic carbocycles. The number of nitrogens with zero attached hydrogens (tertiary/aromatic N) is 1. The molecule has 2 nitrogen and oxygen atoms in total. The Kier molecular flexibility index (Phi) is 4.99. The third-order valence-electron chi connectivity index (χ3n) is 3.84. The van der Waals surface area contributed by atoms with Crippen LogP contribution in [0, 0.1) is 12.8 Å². The van der Waals surface area contributed by atoms with Crippen molar-refractivity contribution in [1.29, 1.82) is 0 Å². The lowest BCUT2D eigenvalue weighted by Crippen LogP contribution is -2.30. The molecule has 0 amide bonds. The number of hydrogen-bond donors (Lipinski definition) is 1. The van der Waals surface area contributed by atoms with Gasteiger partial charge in [0.05, 0.1) is 5.01 Å². The zero-order chi connectivity index (χ0) is 12.1. The lowest BCUT2D eigenvalue weighted by Gasteiger charge is -2.26. The molecule has 1 heterocycles. The van der Waals surface area contributed by atoms with Crippen molar-refractivity contribution < 1.29 is 0 Å². The Labute approximate surface area is 109 Å². The van der Waals surface area contributed by atoms with Crippen molar-refractivity contribution in [2.45, 2.75) is 57.9 Å². The van der Waals surface area contributed by atoms with Gasteiger partial charge in [0.15, 0.2) is 0 Å². The van der Waals surface area contributed by atoms with Crippen molar-refractivity contribution in [2.24, 2.45) is 5.92 Å². The second kappa shape index (κ2) is 6.50. The second-order valence-electron chi connectivity index (χ2n) is 5.31. The first-order chi connectivity index (χ1) is 8.28. The van der Waals surface area contributed by atoms with Gasteiger partial charge in [0, 0.05) is 23.5 Å². The Morgan fingerprint density at radius 2 is 2.18 bits per heavy atom.